The number of hydrogen-bond donors (Lipinski definition) is 2. The van der Waals surface area contributed by atoms with Crippen molar-refractivity contribution in [2.75, 3.05) is 0 Å². The summed E-state index contributed by atoms with van der Waals surface area (Å²) >= 11 is 0. The summed E-state index contributed by atoms with van der Waals surface area (Å²) in [6.45, 7) is 2.28. The predicted molar refractivity (Wildman–Crippen MR) is 36.6 cm³/mol. The highest BCUT2D eigenvalue weighted by molar-refractivity contribution is 5.02. The number of aromatic amines is 1. The summed E-state index contributed by atoms with van der Waals surface area (Å²) in [6, 6.07) is 0. The molecule has 10 heavy (non-hydrogen) atoms. The lowest BCUT2D eigenvalue weighted by atomic mass is 10.4. The van der Waals surface area contributed by atoms with E-state index in [0.29, 0.717) is 12.1 Å². The average molecular weight is 142 g/mol. The van der Waals surface area contributed by atoms with Crippen LogP contribution in [0.4, 0.5) is 0 Å². The summed E-state index contributed by atoms with van der Waals surface area (Å²) in [6.07, 6.45) is 1.52. The standard InChI is InChI=1S/C6H10N2O2/c1-2-8-6(10)5(4-9)3-7-8/h3,7,9H,2,4H2,1H3. The van der Waals surface area contributed by atoms with Crippen molar-refractivity contribution in [3.05, 3.63) is 22.1 Å². The van der Waals surface area contributed by atoms with Crippen molar-refractivity contribution in [3.8, 4) is 0 Å². The highest BCUT2D eigenvalue weighted by Gasteiger charge is 2.00. The van der Waals surface area contributed by atoms with Gasteiger partial charge in [0.05, 0.1) is 12.2 Å². The van der Waals surface area contributed by atoms with Crippen molar-refractivity contribution < 1.29 is 5.11 Å². The molecule has 0 amide bonds. The van der Waals surface area contributed by atoms with E-state index in [1.165, 1.54) is 10.9 Å². The van der Waals surface area contributed by atoms with E-state index >= 15 is 0 Å². The Balaban J connectivity index is 3.09. The molecule has 0 unspecified atom stereocenters. The Morgan fingerprint density at radius 2 is 2.50 bits per heavy atom. The molecular weight excluding hydrogens is 132 g/mol. The third-order valence-corrected chi connectivity index (χ3v) is 1.40. The molecule has 2 N–H and O–H groups in total. The molecule has 0 aromatic carbocycles. The van der Waals surface area contributed by atoms with Crippen LogP contribution in [-0.4, -0.2) is 14.9 Å². The van der Waals surface area contributed by atoms with Crippen LogP contribution in [0.1, 0.15) is 12.5 Å². The third kappa shape index (κ3) is 0.974. The van der Waals surface area contributed by atoms with Gasteiger partial charge in [-0.2, -0.15) is 0 Å². The summed E-state index contributed by atoms with van der Waals surface area (Å²) in [5.41, 5.74) is 0.284. The topological polar surface area (TPSA) is 58.0 Å². The fourth-order valence-electron chi connectivity index (χ4n) is 0.798. The van der Waals surface area contributed by atoms with Gasteiger partial charge in [0.25, 0.3) is 5.56 Å². The van der Waals surface area contributed by atoms with Crippen molar-refractivity contribution in [1.82, 2.24) is 9.78 Å². The van der Waals surface area contributed by atoms with Gasteiger partial charge in [0.1, 0.15) is 0 Å². The van der Waals surface area contributed by atoms with E-state index in [0.717, 1.165) is 0 Å². The minimum absolute atomic E-state index is 0.134. The molecule has 56 valence electrons. The van der Waals surface area contributed by atoms with E-state index in [1.54, 1.807) is 0 Å². The van der Waals surface area contributed by atoms with E-state index in [4.69, 9.17) is 5.11 Å². The van der Waals surface area contributed by atoms with Gasteiger partial charge in [-0.3, -0.25) is 9.48 Å². The van der Waals surface area contributed by atoms with Crippen molar-refractivity contribution >= 4 is 0 Å². The Hall–Kier alpha value is -1.03. The first-order valence-electron chi connectivity index (χ1n) is 3.17. The number of nitrogens with zero attached hydrogens (tertiary/aromatic N) is 1. The van der Waals surface area contributed by atoms with Gasteiger partial charge in [0.2, 0.25) is 0 Å². The van der Waals surface area contributed by atoms with Crippen molar-refractivity contribution in [3.63, 3.8) is 0 Å². The molecule has 0 spiro atoms. The van der Waals surface area contributed by atoms with Crippen LogP contribution in [-0.2, 0) is 13.2 Å². The van der Waals surface area contributed by atoms with Crippen LogP contribution in [0.5, 0.6) is 0 Å². The molecule has 1 rings (SSSR count). The van der Waals surface area contributed by atoms with E-state index in [9.17, 15) is 4.79 Å². The first-order chi connectivity index (χ1) is 4.79. The highest BCUT2D eigenvalue weighted by atomic mass is 16.3. The van der Waals surface area contributed by atoms with Gasteiger partial charge in [0.15, 0.2) is 0 Å². The van der Waals surface area contributed by atoms with Crippen molar-refractivity contribution in [1.29, 1.82) is 0 Å². The monoisotopic (exact) mass is 142 g/mol. The summed E-state index contributed by atoms with van der Waals surface area (Å²) in [5.74, 6) is 0. The summed E-state index contributed by atoms with van der Waals surface area (Å²) < 4.78 is 1.44. The van der Waals surface area contributed by atoms with E-state index in [-0.39, 0.29) is 12.2 Å². The van der Waals surface area contributed by atoms with Crippen molar-refractivity contribution in [2.24, 2.45) is 0 Å². The van der Waals surface area contributed by atoms with Gasteiger partial charge in [-0.15, -0.1) is 0 Å². The Morgan fingerprint density at radius 1 is 1.80 bits per heavy atom. The van der Waals surface area contributed by atoms with Crippen LogP contribution in [0.15, 0.2) is 11.0 Å². The highest BCUT2D eigenvalue weighted by Crippen LogP contribution is 1.86. The maximum Gasteiger partial charge on any atom is 0.271 e. The lowest BCUT2D eigenvalue weighted by Crippen LogP contribution is -2.17. The largest absolute Gasteiger partial charge is 0.391 e. The van der Waals surface area contributed by atoms with Crippen LogP contribution in [0.3, 0.4) is 0 Å². The molecule has 4 nitrogen and oxygen atoms in total. The van der Waals surface area contributed by atoms with Gasteiger partial charge in [-0.1, -0.05) is 0 Å². The van der Waals surface area contributed by atoms with Crippen LogP contribution in [0, 0.1) is 0 Å². The Bertz CT molecular complexity index is 236. The Kier molecular flexibility index (Phi) is 1.91. The third-order valence-electron chi connectivity index (χ3n) is 1.40. The molecule has 0 fully saturated rings. The molecule has 1 aromatic heterocycles. The number of rotatable bonds is 2. The molecule has 0 radical (unpaired) electrons. The first-order valence-corrected chi connectivity index (χ1v) is 3.17. The van der Waals surface area contributed by atoms with Crippen LogP contribution < -0.4 is 5.56 Å². The minimum atomic E-state index is -0.192. The molecule has 0 saturated heterocycles. The maximum atomic E-state index is 11.0. The molecule has 4 heteroatoms. The average Bonchev–Trinajstić information content (AvgIpc) is 2.30. The van der Waals surface area contributed by atoms with Gasteiger partial charge in [-0.25, -0.2) is 0 Å². The molecule has 0 aliphatic heterocycles. The van der Waals surface area contributed by atoms with Gasteiger partial charge in [0, 0.05) is 12.7 Å². The SMILES string of the molecule is CCn1[nH]cc(CO)c1=O. The molecule has 1 aromatic rings. The zero-order valence-corrected chi connectivity index (χ0v) is 5.79. The Morgan fingerprint density at radius 3 is 2.80 bits per heavy atom. The second-order valence-electron chi connectivity index (χ2n) is 2.01. The minimum Gasteiger partial charge on any atom is -0.391 e. The summed E-state index contributed by atoms with van der Waals surface area (Å²) in [7, 11) is 0. The van der Waals surface area contributed by atoms with Crippen LogP contribution in [0.2, 0.25) is 0 Å². The predicted octanol–water partition coefficient (Wildman–Crippen LogP) is -0.311. The number of aryl methyl sites for hydroxylation is 1. The fraction of sp³-hybridized carbons (Fsp3) is 0.500. The zero-order chi connectivity index (χ0) is 7.56. The number of aliphatic hydroxyl groups is 1. The number of H-pyrrole nitrogens is 1. The van der Waals surface area contributed by atoms with Gasteiger partial charge in [-0.05, 0) is 6.92 Å². The zero-order valence-electron chi connectivity index (χ0n) is 5.79. The molecule has 0 aliphatic carbocycles. The second-order valence-corrected chi connectivity index (χ2v) is 2.01. The number of aromatic nitrogens is 2. The quantitative estimate of drug-likeness (QED) is 0.595. The van der Waals surface area contributed by atoms with Crippen molar-refractivity contribution in [2.45, 2.75) is 20.1 Å². The number of nitrogens with one attached hydrogen (secondary N) is 1. The van der Waals surface area contributed by atoms with Gasteiger partial charge < -0.3 is 10.2 Å². The van der Waals surface area contributed by atoms with Crippen LogP contribution in [0.25, 0.3) is 0 Å². The van der Waals surface area contributed by atoms with E-state index in [1.807, 2.05) is 6.92 Å². The number of hydrogen-bond acceptors (Lipinski definition) is 2. The Labute approximate surface area is 58.1 Å². The molecular formula is C6H10N2O2. The first kappa shape index (κ1) is 7.08. The summed E-state index contributed by atoms with van der Waals surface area (Å²) in [5, 5.41) is 11.3. The van der Waals surface area contributed by atoms with Crippen LogP contribution >= 0.6 is 0 Å². The number of aliphatic hydroxyl groups excluding tert-OH is 1. The van der Waals surface area contributed by atoms with E-state index < -0.39 is 0 Å². The fourth-order valence-corrected chi connectivity index (χ4v) is 0.798. The normalized spacial score (nSPS) is 10.2. The molecule has 0 aliphatic rings. The molecule has 0 saturated carbocycles. The maximum absolute atomic E-state index is 11.0. The summed E-state index contributed by atoms with van der Waals surface area (Å²) in [4.78, 5) is 11.0. The molecule has 0 atom stereocenters. The molecule has 0 bridgehead atoms. The van der Waals surface area contributed by atoms with E-state index in [2.05, 4.69) is 5.10 Å². The van der Waals surface area contributed by atoms with Gasteiger partial charge >= 0.3 is 0 Å². The lowest BCUT2D eigenvalue weighted by Gasteiger charge is -1.90. The second kappa shape index (κ2) is 2.70. The lowest BCUT2D eigenvalue weighted by molar-refractivity contribution is 0.280. The smallest absolute Gasteiger partial charge is 0.271 e. The molecule has 1 heterocycles.